The summed E-state index contributed by atoms with van der Waals surface area (Å²) in [7, 11) is 6.52. The third kappa shape index (κ3) is 5.50. The van der Waals surface area contributed by atoms with Crippen LogP contribution in [0.2, 0.25) is 0 Å². The van der Waals surface area contributed by atoms with E-state index in [9.17, 15) is 0 Å². The van der Waals surface area contributed by atoms with Crippen molar-refractivity contribution in [2.45, 2.75) is 25.8 Å². The predicted molar refractivity (Wildman–Crippen MR) is 66.2 cm³/mol. The number of piperidine rings is 1. The number of likely N-dealkylation sites (N-methyl/N-ethyl adjacent to an activating group) is 2. The summed E-state index contributed by atoms with van der Waals surface area (Å²) in [5.41, 5.74) is 0. The summed E-state index contributed by atoms with van der Waals surface area (Å²) >= 11 is 0. The van der Waals surface area contributed by atoms with Crippen molar-refractivity contribution in [3.05, 3.63) is 0 Å². The molecule has 1 rings (SSSR count). The standard InChI is InChI=1S/C12H27N3/c1-11-9-12(5-6-13-11)10-15(4)8-7-14(2)3/h11-13H,5-10H2,1-4H3. The Bertz CT molecular complexity index is 170. The molecule has 2 atom stereocenters. The minimum atomic E-state index is 0.714. The molecular weight excluding hydrogens is 186 g/mol. The Morgan fingerprint density at radius 1 is 1.20 bits per heavy atom. The smallest absolute Gasteiger partial charge is 0.0106 e. The largest absolute Gasteiger partial charge is 0.314 e. The number of hydrogen-bond acceptors (Lipinski definition) is 3. The van der Waals surface area contributed by atoms with Crippen LogP contribution in [0.1, 0.15) is 19.8 Å². The van der Waals surface area contributed by atoms with Crippen LogP contribution in [-0.4, -0.2) is 63.2 Å². The normalized spacial score (nSPS) is 27.6. The summed E-state index contributed by atoms with van der Waals surface area (Å²) in [5, 5.41) is 3.51. The number of rotatable bonds is 5. The van der Waals surface area contributed by atoms with E-state index in [0.29, 0.717) is 6.04 Å². The van der Waals surface area contributed by atoms with Gasteiger partial charge in [0.05, 0.1) is 0 Å². The first-order valence-electron chi connectivity index (χ1n) is 6.14. The zero-order valence-electron chi connectivity index (χ0n) is 10.8. The summed E-state index contributed by atoms with van der Waals surface area (Å²) in [6, 6.07) is 0.714. The van der Waals surface area contributed by atoms with Crippen LogP contribution in [0.15, 0.2) is 0 Å². The maximum Gasteiger partial charge on any atom is 0.0106 e. The van der Waals surface area contributed by atoms with Crippen molar-refractivity contribution in [1.82, 2.24) is 15.1 Å². The molecule has 3 nitrogen and oxygen atoms in total. The van der Waals surface area contributed by atoms with Crippen LogP contribution in [0.4, 0.5) is 0 Å². The SMILES string of the molecule is CC1CC(CN(C)CCN(C)C)CCN1. The molecule has 0 bridgehead atoms. The quantitative estimate of drug-likeness (QED) is 0.731. The highest BCUT2D eigenvalue weighted by Crippen LogP contribution is 2.16. The van der Waals surface area contributed by atoms with Crippen molar-refractivity contribution in [3.63, 3.8) is 0 Å². The molecule has 0 aromatic carbocycles. The second-order valence-electron chi connectivity index (χ2n) is 5.31. The molecule has 0 radical (unpaired) electrons. The molecule has 1 aliphatic heterocycles. The van der Waals surface area contributed by atoms with E-state index in [-0.39, 0.29) is 0 Å². The minimum Gasteiger partial charge on any atom is -0.314 e. The molecule has 0 spiro atoms. The number of nitrogens with zero attached hydrogens (tertiary/aromatic N) is 2. The van der Waals surface area contributed by atoms with Crippen LogP contribution in [-0.2, 0) is 0 Å². The average Bonchev–Trinajstić information content (AvgIpc) is 2.15. The van der Waals surface area contributed by atoms with Crippen LogP contribution in [0.5, 0.6) is 0 Å². The Kier molecular flexibility index (Phi) is 5.58. The van der Waals surface area contributed by atoms with E-state index in [0.717, 1.165) is 12.5 Å². The first kappa shape index (κ1) is 12.9. The van der Waals surface area contributed by atoms with Gasteiger partial charge in [-0.25, -0.2) is 0 Å². The van der Waals surface area contributed by atoms with E-state index in [1.165, 1.54) is 32.5 Å². The van der Waals surface area contributed by atoms with E-state index in [1.54, 1.807) is 0 Å². The highest BCUT2D eigenvalue weighted by molar-refractivity contribution is 4.76. The third-order valence-corrected chi connectivity index (χ3v) is 3.23. The lowest BCUT2D eigenvalue weighted by Crippen LogP contribution is -2.40. The second kappa shape index (κ2) is 6.46. The molecule has 0 saturated carbocycles. The zero-order chi connectivity index (χ0) is 11.3. The van der Waals surface area contributed by atoms with Gasteiger partial charge in [-0.3, -0.25) is 0 Å². The van der Waals surface area contributed by atoms with E-state index >= 15 is 0 Å². The topological polar surface area (TPSA) is 18.5 Å². The molecule has 15 heavy (non-hydrogen) atoms. The van der Waals surface area contributed by atoms with Gasteiger partial charge in [-0.1, -0.05) is 0 Å². The molecule has 1 aliphatic rings. The maximum atomic E-state index is 3.51. The predicted octanol–water partition coefficient (Wildman–Crippen LogP) is 0.868. The lowest BCUT2D eigenvalue weighted by Gasteiger charge is -2.31. The minimum absolute atomic E-state index is 0.714. The first-order chi connectivity index (χ1) is 7.08. The van der Waals surface area contributed by atoms with Gasteiger partial charge in [-0.15, -0.1) is 0 Å². The monoisotopic (exact) mass is 213 g/mol. The molecule has 1 saturated heterocycles. The Labute approximate surface area is 94.8 Å². The van der Waals surface area contributed by atoms with Crippen LogP contribution < -0.4 is 5.32 Å². The van der Waals surface area contributed by atoms with Gasteiger partial charge in [-0.2, -0.15) is 0 Å². The molecule has 1 N–H and O–H groups in total. The lowest BCUT2D eigenvalue weighted by atomic mass is 9.93. The van der Waals surface area contributed by atoms with Crippen molar-refractivity contribution in [3.8, 4) is 0 Å². The Balaban J connectivity index is 2.16. The van der Waals surface area contributed by atoms with Crippen molar-refractivity contribution in [2.24, 2.45) is 5.92 Å². The highest BCUT2D eigenvalue weighted by atomic mass is 15.1. The summed E-state index contributed by atoms with van der Waals surface area (Å²) in [6.45, 7) is 7.11. The van der Waals surface area contributed by atoms with Gasteiger partial charge in [0.15, 0.2) is 0 Å². The molecule has 3 heteroatoms. The number of nitrogens with one attached hydrogen (secondary N) is 1. The fourth-order valence-electron chi connectivity index (χ4n) is 2.30. The van der Waals surface area contributed by atoms with Crippen LogP contribution >= 0.6 is 0 Å². The van der Waals surface area contributed by atoms with Gasteiger partial charge in [0, 0.05) is 25.7 Å². The van der Waals surface area contributed by atoms with Gasteiger partial charge >= 0.3 is 0 Å². The van der Waals surface area contributed by atoms with Crippen molar-refractivity contribution < 1.29 is 0 Å². The third-order valence-electron chi connectivity index (χ3n) is 3.23. The summed E-state index contributed by atoms with van der Waals surface area (Å²) in [4.78, 5) is 4.73. The second-order valence-corrected chi connectivity index (χ2v) is 5.31. The van der Waals surface area contributed by atoms with Crippen LogP contribution in [0.25, 0.3) is 0 Å². The zero-order valence-corrected chi connectivity index (χ0v) is 10.8. The fourth-order valence-corrected chi connectivity index (χ4v) is 2.30. The summed E-state index contributed by atoms with van der Waals surface area (Å²) in [5.74, 6) is 0.897. The summed E-state index contributed by atoms with van der Waals surface area (Å²) < 4.78 is 0. The van der Waals surface area contributed by atoms with Crippen molar-refractivity contribution in [1.29, 1.82) is 0 Å². The number of hydrogen-bond donors (Lipinski definition) is 1. The van der Waals surface area contributed by atoms with E-state index in [4.69, 9.17) is 0 Å². The maximum absolute atomic E-state index is 3.51. The average molecular weight is 213 g/mol. The Hall–Kier alpha value is -0.120. The molecule has 90 valence electrons. The molecule has 0 amide bonds. The van der Waals surface area contributed by atoms with Gasteiger partial charge < -0.3 is 15.1 Å². The molecular formula is C12H27N3. The molecule has 0 aromatic heterocycles. The lowest BCUT2D eigenvalue weighted by molar-refractivity contribution is 0.206. The van der Waals surface area contributed by atoms with Gasteiger partial charge in [-0.05, 0) is 53.4 Å². The molecule has 2 unspecified atom stereocenters. The summed E-state index contributed by atoms with van der Waals surface area (Å²) in [6.07, 6.45) is 2.68. The van der Waals surface area contributed by atoms with E-state index < -0.39 is 0 Å². The van der Waals surface area contributed by atoms with Crippen molar-refractivity contribution >= 4 is 0 Å². The van der Waals surface area contributed by atoms with E-state index in [2.05, 4.69) is 43.2 Å². The van der Waals surface area contributed by atoms with E-state index in [1.807, 2.05) is 0 Å². The molecule has 0 aliphatic carbocycles. The van der Waals surface area contributed by atoms with Gasteiger partial charge in [0.1, 0.15) is 0 Å². The van der Waals surface area contributed by atoms with Crippen molar-refractivity contribution in [2.75, 3.05) is 47.3 Å². The van der Waals surface area contributed by atoms with Gasteiger partial charge in [0.25, 0.3) is 0 Å². The molecule has 1 fully saturated rings. The molecule has 1 heterocycles. The highest BCUT2D eigenvalue weighted by Gasteiger charge is 2.19. The Morgan fingerprint density at radius 3 is 2.53 bits per heavy atom. The first-order valence-corrected chi connectivity index (χ1v) is 6.14. The Morgan fingerprint density at radius 2 is 1.93 bits per heavy atom. The molecule has 0 aromatic rings. The van der Waals surface area contributed by atoms with Crippen LogP contribution in [0, 0.1) is 5.92 Å². The van der Waals surface area contributed by atoms with Crippen LogP contribution in [0.3, 0.4) is 0 Å². The fraction of sp³-hybridized carbons (Fsp3) is 1.00. The van der Waals surface area contributed by atoms with Gasteiger partial charge in [0.2, 0.25) is 0 Å².